The third kappa shape index (κ3) is 16.7. The summed E-state index contributed by atoms with van der Waals surface area (Å²) in [6.07, 6.45) is 27.9. The van der Waals surface area contributed by atoms with E-state index in [9.17, 15) is 0 Å². The molecular weight excluding hydrogens is 492 g/mol. The second-order valence-electron chi connectivity index (χ2n) is 11.5. The largest absolute Gasteiger partial charge is 0.331 e. The van der Waals surface area contributed by atoms with Gasteiger partial charge >= 0.3 is 0 Å². The molecule has 0 aliphatic heterocycles. The zero-order valence-corrected chi connectivity index (χ0v) is 27.5. The molecule has 0 unspecified atom stereocenters. The first kappa shape index (κ1) is 38.8. The molecule has 0 N–H and O–H groups in total. The molecule has 0 rings (SSSR count). The Morgan fingerprint density at radius 2 is 0.538 bits per heavy atom. The van der Waals surface area contributed by atoms with Crippen molar-refractivity contribution in [2.75, 3.05) is 42.7 Å². The SMILES string of the molecule is CCCC(CCC)(CCCCCCCCCC(OC)(OC)OC)CCCCCCCCCC(OC)(OC)OC. The van der Waals surface area contributed by atoms with Gasteiger partial charge in [-0.3, -0.25) is 0 Å². The van der Waals surface area contributed by atoms with E-state index in [0.29, 0.717) is 5.41 Å². The van der Waals surface area contributed by atoms with Gasteiger partial charge < -0.3 is 28.4 Å². The van der Waals surface area contributed by atoms with Gasteiger partial charge in [0.1, 0.15) is 0 Å². The average molecular weight is 561 g/mol. The molecule has 0 fully saturated rings. The molecule has 6 nitrogen and oxygen atoms in total. The fourth-order valence-corrected chi connectivity index (χ4v) is 6.37. The summed E-state index contributed by atoms with van der Waals surface area (Å²) in [7, 11) is 9.87. The van der Waals surface area contributed by atoms with Crippen LogP contribution in [0.25, 0.3) is 0 Å². The number of unbranched alkanes of at least 4 members (excludes halogenated alkanes) is 12. The molecule has 0 saturated carbocycles. The minimum atomic E-state index is -0.867. The van der Waals surface area contributed by atoms with Gasteiger partial charge in [-0.25, -0.2) is 0 Å². The first-order chi connectivity index (χ1) is 18.9. The van der Waals surface area contributed by atoms with Crippen LogP contribution in [-0.2, 0) is 28.4 Å². The number of ether oxygens (including phenoxy) is 6. The van der Waals surface area contributed by atoms with Crippen molar-refractivity contribution in [3.63, 3.8) is 0 Å². The Balaban J connectivity index is 4.14. The molecule has 0 saturated heterocycles. The van der Waals surface area contributed by atoms with Crippen molar-refractivity contribution >= 4 is 0 Å². The van der Waals surface area contributed by atoms with E-state index < -0.39 is 11.9 Å². The Kier molecular flexibility index (Phi) is 24.2. The maximum atomic E-state index is 5.39. The van der Waals surface area contributed by atoms with E-state index in [-0.39, 0.29) is 0 Å². The molecule has 0 spiro atoms. The van der Waals surface area contributed by atoms with Gasteiger partial charge in [-0.15, -0.1) is 0 Å². The molecule has 0 aliphatic rings. The van der Waals surface area contributed by atoms with Crippen LogP contribution in [0.15, 0.2) is 0 Å². The molecule has 0 aliphatic carbocycles. The van der Waals surface area contributed by atoms with Gasteiger partial charge in [0.15, 0.2) is 0 Å². The average Bonchev–Trinajstić information content (AvgIpc) is 2.96. The first-order valence-corrected chi connectivity index (χ1v) is 16.2. The highest BCUT2D eigenvalue weighted by atomic mass is 16.9. The highest BCUT2D eigenvalue weighted by Gasteiger charge is 2.29. The fraction of sp³-hybridized carbons (Fsp3) is 1.00. The minimum Gasteiger partial charge on any atom is -0.331 e. The number of rotatable bonds is 30. The molecule has 6 heteroatoms. The number of hydrogen-bond donors (Lipinski definition) is 0. The van der Waals surface area contributed by atoms with Crippen molar-refractivity contribution in [2.45, 2.75) is 167 Å². The fourth-order valence-electron chi connectivity index (χ4n) is 6.37. The predicted molar refractivity (Wildman–Crippen MR) is 163 cm³/mol. The van der Waals surface area contributed by atoms with Crippen molar-refractivity contribution in [3.05, 3.63) is 0 Å². The molecule has 236 valence electrons. The third-order valence-electron chi connectivity index (χ3n) is 8.81. The summed E-state index contributed by atoms with van der Waals surface area (Å²) in [5, 5.41) is 0. The monoisotopic (exact) mass is 561 g/mol. The molecule has 39 heavy (non-hydrogen) atoms. The van der Waals surface area contributed by atoms with Crippen LogP contribution >= 0.6 is 0 Å². The van der Waals surface area contributed by atoms with E-state index >= 15 is 0 Å². The van der Waals surface area contributed by atoms with Gasteiger partial charge in [-0.1, -0.05) is 104 Å². The summed E-state index contributed by atoms with van der Waals surface area (Å²) in [6.45, 7) is 4.75. The van der Waals surface area contributed by atoms with E-state index in [1.54, 1.807) is 42.7 Å². The van der Waals surface area contributed by atoms with Gasteiger partial charge in [0.25, 0.3) is 11.9 Å². The molecule has 0 amide bonds. The Bertz CT molecular complexity index is 456. The highest BCUT2D eigenvalue weighted by Crippen LogP contribution is 2.41. The minimum absolute atomic E-state index is 0.580. The summed E-state index contributed by atoms with van der Waals surface area (Å²) in [6, 6.07) is 0. The van der Waals surface area contributed by atoms with Crippen molar-refractivity contribution in [3.8, 4) is 0 Å². The zero-order chi connectivity index (χ0) is 29.3. The number of hydrogen-bond acceptors (Lipinski definition) is 6. The van der Waals surface area contributed by atoms with E-state index in [1.807, 2.05) is 0 Å². The summed E-state index contributed by atoms with van der Waals surface area (Å²) in [5.74, 6) is -1.73. The van der Waals surface area contributed by atoms with Crippen LogP contribution < -0.4 is 0 Å². The summed E-state index contributed by atoms with van der Waals surface area (Å²) >= 11 is 0. The Morgan fingerprint density at radius 1 is 0.308 bits per heavy atom. The van der Waals surface area contributed by atoms with Crippen LogP contribution in [0.1, 0.15) is 155 Å². The van der Waals surface area contributed by atoms with E-state index in [1.165, 1.54) is 116 Å². The van der Waals surface area contributed by atoms with Gasteiger partial charge in [0.05, 0.1) is 0 Å². The van der Waals surface area contributed by atoms with Gasteiger partial charge in [0, 0.05) is 55.5 Å². The first-order valence-electron chi connectivity index (χ1n) is 16.2. The van der Waals surface area contributed by atoms with Crippen LogP contribution in [-0.4, -0.2) is 54.6 Å². The van der Waals surface area contributed by atoms with Crippen LogP contribution in [0.3, 0.4) is 0 Å². The molecule has 0 bridgehead atoms. The Labute approximate surface area is 243 Å². The Morgan fingerprint density at radius 3 is 0.769 bits per heavy atom. The van der Waals surface area contributed by atoms with Crippen molar-refractivity contribution in [1.82, 2.24) is 0 Å². The normalized spacial score (nSPS) is 12.9. The zero-order valence-electron chi connectivity index (χ0n) is 27.5. The molecule has 0 radical (unpaired) electrons. The second kappa shape index (κ2) is 24.4. The maximum Gasteiger partial charge on any atom is 0.282 e. The molecule has 0 aromatic heterocycles. The molecular formula is C33H68O6. The molecule has 0 atom stereocenters. The standard InChI is InChI=1S/C33H68O6/c1-9-25-31(26-10-2,27-21-17-13-11-15-19-23-29-32(34-3,35-4)36-5)28-22-18-14-12-16-20-24-30-33(37-6,38-7)39-8/h9-30H2,1-8H3. The van der Waals surface area contributed by atoms with E-state index in [0.717, 1.165) is 25.7 Å². The van der Waals surface area contributed by atoms with Crippen LogP contribution in [0.2, 0.25) is 0 Å². The lowest BCUT2D eigenvalue weighted by atomic mass is 9.71. The van der Waals surface area contributed by atoms with Crippen molar-refractivity contribution in [1.29, 1.82) is 0 Å². The summed E-state index contributed by atoms with van der Waals surface area (Å²) in [5.41, 5.74) is 0.580. The van der Waals surface area contributed by atoms with Crippen LogP contribution in [0.4, 0.5) is 0 Å². The van der Waals surface area contributed by atoms with E-state index in [2.05, 4.69) is 13.8 Å². The third-order valence-corrected chi connectivity index (χ3v) is 8.81. The lowest BCUT2D eigenvalue weighted by molar-refractivity contribution is -0.355. The number of methoxy groups -OCH3 is 6. The van der Waals surface area contributed by atoms with E-state index in [4.69, 9.17) is 28.4 Å². The van der Waals surface area contributed by atoms with Gasteiger partial charge in [-0.05, 0) is 43.9 Å². The molecule has 0 aromatic carbocycles. The lowest BCUT2D eigenvalue weighted by Crippen LogP contribution is -2.35. The van der Waals surface area contributed by atoms with Crippen molar-refractivity contribution < 1.29 is 28.4 Å². The van der Waals surface area contributed by atoms with Crippen molar-refractivity contribution in [2.24, 2.45) is 5.41 Å². The summed E-state index contributed by atoms with van der Waals surface area (Å²) < 4.78 is 32.4. The quantitative estimate of drug-likeness (QED) is 0.0643. The lowest BCUT2D eigenvalue weighted by Gasteiger charge is -2.34. The predicted octanol–water partition coefficient (Wildman–Crippen LogP) is 9.78. The molecule has 0 heterocycles. The van der Waals surface area contributed by atoms with Gasteiger partial charge in [-0.2, -0.15) is 0 Å². The topological polar surface area (TPSA) is 55.4 Å². The maximum absolute atomic E-state index is 5.39. The second-order valence-corrected chi connectivity index (χ2v) is 11.5. The van der Waals surface area contributed by atoms with Crippen LogP contribution in [0.5, 0.6) is 0 Å². The molecule has 0 aromatic rings. The smallest absolute Gasteiger partial charge is 0.282 e. The Hall–Kier alpha value is -0.240. The van der Waals surface area contributed by atoms with Crippen LogP contribution in [0, 0.1) is 5.41 Å². The van der Waals surface area contributed by atoms with Gasteiger partial charge in [0.2, 0.25) is 0 Å². The highest BCUT2D eigenvalue weighted by molar-refractivity contribution is 4.79. The summed E-state index contributed by atoms with van der Waals surface area (Å²) in [4.78, 5) is 0.